The molecule has 2 amide bonds. The molecule has 4 rings (SSSR count). The second-order valence-electron chi connectivity index (χ2n) is 8.93. The molecular weight excluding hydrogens is 465 g/mol. The van der Waals surface area contributed by atoms with E-state index in [0.717, 1.165) is 29.5 Å². The average Bonchev–Trinajstić information content (AvgIpc) is 3.34. The fourth-order valence-electron chi connectivity index (χ4n) is 4.24. The van der Waals surface area contributed by atoms with Gasteiger partial charge in [0, 0.05) is 24.4 Å². The van der Waals surface area contributed by atoms with Gasteiger partial charge in [-0.2, -0.15) is 0 Å². The Kier molecular flexibility index (Phi) is 7.80. The van der Waals surface area contributed by atoms with Crippen LogP contribution in [0.5, 0.6) is 5.75 Å². The molecule has 8 heteroatoms. The highest BCUT2D eigenvalue weighted by Gasteiger charge is 2.33. The van der Waals surface area contributed by atoms with Crippen LogP contribution < -0.4 is 10.1 Å². The van der Waals surface area contributed by atoms with Gasteiger partial charge in [0.2, 0.25) is 5.91 Å². The minimum atomic E-state index is -0.387. The van der Waals surface area contributed by atoms with Crippen molar-refractivity contribution in [2.45, 2.75) is 46.3 Å². The summed E-state index contributed by atoms with van der Waals surface area (Å²) in [5.74, 6) is -0.0118. The van der Waals surface area contributed by atoms with Gasteiger partial charge >= 0.3 is 0 Å². The van der Waals surface area contributed by atoms with E-state index >= 15 is 0 Å². The molecule has 0 unspecified atom stereocenters. The molecule has 1 aliphatic heterocycles. The first-order valence-electron chi connectivity index (χ1n) is 11.9. The smallest absolute Gasteiger partial charge is 0.270 e. The fourth-order valence-corrected chi connectivity index (χ4v) is 4.93. The third-order valence-corrected chi connectivity index (χ3v) is 6.79. The number of nitrogens with zero attached hydrogens (tertiary/aromatic N) is 2. The highest BCUT2D eigenvalue weighted by atomic mass is 32.1. The summed E-state index contributed by atoms with van der Waals surface area (Å²) in [6.07, 6.45) is 1.59. The van der Waals surface area contributed by atoms with Gasteiger partial charge in [-0.15, -0.1) is 11.3 Å². The predicted molar refractivity (Wildman–Crippen MR) is 134 cm³/mol. The normalized spacial score (nSPS) is 15.1. The summed E-state index contributed by atoms with van der Waals surface area (Å²) in [6.45, 7) is 7.17. The van der Waals surface area contributed by atoms with Crippen LogP contribution in [-0.4, -0.2) is 34.8 Å². The van der Waals surface area contributed by atoms with Gasteiger partial charge in [0.15, 0.2) is 0 Å². The molecule has 2 heterocycles. The van der Waals surface area contributed by atoms with Crippen molar-refractivity contribution >= 4 is 23.2 Å². The zero-order valence-corrected chi connectivity index (χ0v) is 21.0. The largest absolute Gasteiger partial charge is 0.486 e. The second-order valence-corrected chi connectivity index (χ2v) is 9.87. The van der Waals surface area contributed by atoms with Gasteiger partial charge in [-0.05, 0) is 53.8 Å². The molecule has 1 atom stereocenters. The van der Waals surface area contributed by atoms with Crippen molar-refractivity contribution in [3.63, 3.8) is 0 Å². The average molecular weight is 496 g/mol. The maximum Gasteiger partial charge on any atom is 0.270 e. The molecule has 2 aromatic carbocycles. The molecule has 0 bridgehead atoms. The number of benzene rings is 2. The molecule has 1 aliphatic rings. The number of rotatable bonds is 8. The summed E-state index contributed by atoms with van der Waals surface area (Å²) in [5, 5.41) is 5.25. The van der Waals surface area contributed by atoms with E-state index in [1.807, 2.05) is 49.9 Å². The summed E-state index contributed by atoms with van der Waals surface area (Å²) in [7, 11) is 0. The van der Waals surface area contributed by atoms with Crippen LogP contribution in [0.1, 0.15) is 65.4 Å². The van der Waals surface area contributed by atoms with Crippen molar-refractivity contribution in [2.75, 3.05) is 13.1 Å². The first-order chi connectivity index (χ1) is 16.9. The van der Waals surface area contributed by atoms with E-state index in [9.17, 15) is 14.0 Å². The van der Waals surface area contributed by atoms with Crippen LogP contribution in [0.4, 0.5) is 4.39 Å². The van der Waals surface area contributed by atoms with Gasteiger partial charge in [-0.3, -0.25) is 9.59 Å². The first-order valence-corrected chi connectivity index (χ1v) is 12.8. The maximum atomic E-state index is 14.1. The van der Waals surface area contributed by atoms with Gasteiger partial charge in [-0.1, -0.05) is 39.0 Å². The van der Waals surface area contributed by atoms with E-state index in [0.29, 0.717) is 29.5 Å². The highest BCUT2D eigenvalue weighted by molar-refractivity contribution is 7.09. The molecular formula is C27H30FN3O3S. The van der Waals surface area contributed by atoms with Crippen LogP contribution in [0.15, 0.2) is 47.8 Å². The van der Waals surface area contributed by atoms with Crippen LogP contribution in [0.3, 0.4) is 0 Å². The number of halogens is 1. The molecule has 1 N–H and O–H groups in total. The number of ether oxygens (including phenoxy) is 1. The minimum Gasteiger partial charge on any atom is -0.486 e. The molecule has 3 aromatic rings. The topological polar surface area (TPSA) is 71.5 Å². The molecule has 184 valence electrons. The van der Waals surface area contributed by atoms with Crippen molar-refractivity contribution in [2.24, 2.45) is 5.92 Å². The van der Waals surface area contributed by atoms with Gasteiger partial charge in [0.05, 0.1) is 6.04 Å². The predicted octanol–water partition coefficient (Wildman–Crippen LogP) is 5.13. The molecule has 0 saturated heterocycles. The summed E-state index contributed by atoms with van der Waals surface area (Å²) in [5.41, 5.74) is 3.18. The standard InChI is InChI=1S/C27H30FN3O3S/c1-4-11-29-26(32)23-16-35-24(30-23)15-34-21-9-8-18-10-12-31(27(33)17(2)3)25(22(18)14-21)19-6-5-7-20(28)13-19/h5-9,13-14,16-17,25H,4,10-12,15H2,1-3H3,(H,29,32)/t25-/m1/s1. The summed E-state index contributed by atoms with van der Waals surface area (Å²) in [4.78, 5) is 31.4. The monoisotopic (exact) mass is 495 g/mol. The number of aromatic nitrogens is 1. The molecule has 0 spiro atoms. The van der Waals surface area contributed by atoms with Crippen molar-refractivity contribution < 1.29 is 18.7 Å². The van der Waals surface area contributed by atoms with E-state index in [1.165, 1.54) is 23.5 Å². The SMILES string of the molecule is CCCNC(=O)c1csc(COc2ccc3c(c2)[C@@H](c2cccc(F)c2)N(C(=O)C(C)C)CC3)n1. The minimum absolute atomic E-state index is 0.0351. The maximum absolute atomic E-state index is 14.1. The van der Waals surface area contributed by atoms with E-state index in [1.54, 1.807) is 11.4 Å². The zero-order valence-electron chi connectivity index (χ0n) is 20.2. The van der Waals surface area contributed by atoms with E-state index in [2.05, 4.69) is 10.3 Å². The fraction of sp³-hybridized carbons (Fsp3) is 0.370. The van der Waals surface area contributed by atoms with Crippen LogP contribution in [0.2, 0.25) is 0 Å². The van der Waals surface area contributed by atoms with Crippen molar-refractivity contribution in [3.05, 3.63) is 81.1 Å². The molecule has 0 fully saturated rings. The van der Waals surface area contributed by atoms with Gasteiger partial charge < -0.3 is 15.0 Å². The Morgan fingerprint density at radius 2 is 2.09 bits per heavy atom. The Morgan fingerprint density at radius 1 is 1.26 bits per heavy atom. The van der Waals surface area contributed by atoms with Gasteiger partial charge in [0.1, 0.15) is 28.9 Å². The third kappa shape index (κ3) is 5.70. The molecule has 0 radical (unpaired) electrons. The van der Waals surface area contributed by atoms with Crippen LogP contribution in [0.25, 0.3) is 0 Å². The lowest BCUT2D eigenvalue weighted by Crippen LogP contribution is -2.42. The van der Waals surface area contributed by atoms with Crippen LogP contribution >= 0.6 is 11.3 Å². The second kappa shape index (κ2) is 11.0. The number of carbonyl (C=O) groups excluding carboxylic acids is 2. The Balaban J connectivity index is 1.58. The Labute approximate surface area is 209 Å². The first kappa shape index (κ1) is 24.9. The van der Waals surface area contributed by atoms with E-state index in [4.69, 9.17) is 4.74 Å². The summed E-state index contributed by atoms with van der Waals surface area (Å²) < 4.78 is 20.2. The third-order valence-electron chi connectivity index (χ3n) is 5.97. The number of nitrogens with one attached hydrogen (secondary N) is 1. The molecule has 0 saturated carbocycles. The van der Waals surface area contributed by atoms with Crippen molar-refractivity contribution in [1.29, 1.82) is 0 Å². The number of hydrogen-bond acceptors (Lipinski definition) is 5. The van der Waals surface area contributed by atoms with Crippen molar-refractivity contribution in [3.8, 4) is 5.75 Å². The Bertz CT molecular complexity index is 1210. The van der Waals surface area contributed by atoms with E-state index in [-0.39, 0.29) is 36.2 Å². The molecule has 6 nitrogen and oxygen atoms in total. The lowest BCUT2D eigenvalue weighted by atomic mass is 9.87. The quantitative estimate of drug-likeness (QED) is 0.470. The highest BCUT2D eigenvalue weighted by Crippen LogP contribution is 2.38. The van der Waals surface area contributed by atoms with Gasteiger partial charge in [0.25, 0.3) is 5.91 Å². The summed E-state index contributed by atoms with van der Waals surface area (Å²) >= 11 is 1.37. The van der Waals surface area contributed by atoms with Crippen LogP contribution in [-0.2, 0) is 17.8 Å². The number of thiazole rings is 1. The lowest BCUT2D eigenvalue weighted by molar-refractivity contribution is -0.136. The molecule has 35 heavy (non-hydrogen) atoms. The Hall–Kier alpha value is -3.26. The number of carbonyl (C=O) groups is 2. The Morgan fingerprint density at radius 3 is 2.83 bits per heavy atom. The summed E-state index contributed by atoms with van der Waals surface area (Å²) in [6, 6.07) is 11.9. The van der Waals surface area contributed by atoms with E-state index < -0.39 is 0 Å². The number of hydrogen-bond donors (Lipinski definition) is 1. The lowest BCUT2D eigenvalue weighted by Gasteiger charge is -2.39. The zero-order chi connectivity index (χ0) is 24.9. The number of fused-ring (bicyclic) bond motifs is 1. The van der Waals surface area contributed by atoms with Gasteiger partial charge in [-0.25, -0.2) is 9.37 Å². The number of amides is 2. The van der Waals surface area contributed by atoms with Crippen molar-refractivity contribution in [1.82, 2.24) is 15.2 Å². The molecule has 0 aliphatic carbocycles. The van der Waals surface area contributed by atoms with Crippen LogP contribution in [0, 0.1) is 11.7 Å². The molecule has 1 aromatic heterocycles.